The van der Waals surface area contributed by atoms with Gasteiger partial charge in [-0.25, -0.2) is 8.42 Å². The molecule has 1 aromatic rings. The molecule has 8 heteroatoms. The Bertz CT molecular complexity index is 712. The predicted molar refractivity (Wildman–Crippen MR) is 96.4 cm³/mol. The van der Waals surface area contributed by atoms with E-state index >= 15 is 0 Å². The van der Waals surface area contributed by atoms with Gasteiger partial charge in [0, 0.05) is 25.7 Å². The van der Waals surface area contributed by atoms with Crippen LogP contribution >= 0.6 is 0 Å². The number of anilines is 1. The van der Waals surface area contributed by atoms with Gasteiger partial charge in [-0.1, -0.05) is 6.92 Å². The van der Waals surface area contributed by atoms with Crippen molar-refractivity contribution in [3.63, 3.8) is 0 Å². The summed E-state index contributed by atoms with van der Waals surface area (Å²) in [5.41, 5.74) is 0.355. The van der Waals surface area contributed by atoms with Gasteiger partial charge in [0.25, 0.3) is 5.91 Å². The molecule has 2 saturated heterocycles. The monoisotopic (exact) mass is 366 g/mol. The Hall–Kier alpha value is -1.70. The highest BCUT2D eigenvalue weighted by Gasteiger charge is 2.32. The molecule has 0 aliphatic carbocycles. The number of carbonyl (C=O) groups is 1. The van der Waals surface area contributed by atoms with Crippen LogP contribution in [0.1, 0.15) is 43.6 Å². The molecule has 0 aromatic carbocycles. The average Bonchev–Trinajstić information content (AvgIpc) is 2.96. The largest absolute Gasteiger partial charge is 0.351 e. The Balaban J connectivity index is 1.69. The Morgan fingerprint density at radius 3 is 2.48 bits per heavy atom. The molecule has 7 nitrogen and oxygen atoms in total. The van der Waals surface area contributed by atoms with Crippen molar-refractivity contribution in [3.8, 4) is 0 Å². The highest BCUT2D eigenvalue weighted by atomic mass is 32.2. The number of likely N-dealkylation sites (tertiary alicyclic amines) is 1. The number of aromatic nitrogens is 2. The second kappa shape index (κ2) is 7.27. The van der Waals surface area contributed by atoms with E-state index in [0.717, 1.165) is 25.9 Å². The number of carbonyl (C=O) groups excluding carboxylic acids is 1. The molecular weight excluding hydrogens is 340 g/mol. The first kappa shape index (κ1) is 18.1. The quantitative estimate of drug-likeness (QED) is 0.800. The SMILES string of the molecule is CCN(c1ccc(C(=O)N2CCC(C)CC2)nn1)C1CCS(=O)(=O)C1. The zero-order valence-electron chi connectivity index (χ0n) is 14.9. The Labute approximate surface area is 149 Å². The molecule has 1 aromatic heterocycles. The summed E-state index contributed by atoms with van der Waals surface area (Å²) in [5, 5.41) is 8.32. The minimum atomic E-state index is -2.95. The number of sulfone groups is 1. The van der Waals surface area contributed by atoms with Gasteiger partial charge in [-0.05, 0) is 44.2 Å². The third-order valence-corrected chi connectivity index (χ3v) is 6.97. The zero-order valence-corrected chi connectivity index (χ0v) is 15.7. The van der Waals surface area contributed by atoms with Gasteiger partial charge in [-0.15, -0.1) is 10.2 Å². The van der Waals surface area contributed by atoms with Crippen molar-refractivity contribution in [2.45, 2.75) is 39.2 Å². The van der Waals surface area contributed by atoms with Crippen molar-refractivity contribution in [1.29, 1.82) is 0 Å². The average molecular weight is 366 g/mol. The van der Waals surface area contributed by atoms with Gasteiger partial charge in [-0.2, -0.15) is 0 Å². The minimum absolute atomic E-state index is 0.0607. The second-order valence-corrected chi connectivity index (χ2v) is 9.32. The summed E-state index contributed by atoms with van der Waals surface area (Å²) >= 11 is 0. The molecule has 2 aliphatic rings. The molecule has 2 fully saturated rings. The van der Waals surface area contributed by atoms with Crippen LogP contribution in [0.25, 0.3) is 0 Å². The van der Waals surface area contributed by atoms with Gasteiger partial charge < -0.3 is 9.80 Å². The molecule has 1 unspecified atom stereocenters. The van der Waals surface area contributed by atoms with Gasteiger partial charge >= 0.3 is 0 Å². The molecular formula is C17H26N4O3S. The van der Waals surface area contributed by atoms with E-state index in [1.54, 1.807) is 12.1 Å². The zero-order chi connectivity index (χ0) is 18.0. The summed E-state index contributed by atoms with van der Waals surface area (Å²) in [7, 11) is -2.95. The first-order chi connectivity index (χ1) is 11.9. The Kier molecular flexibility index (Phi) is 5.27. The summed E-state index contributed by atoms with van der Waals surface area (Å²) in [4.78, 5) is 16.3. The van der Waals surface area contributed by atoms with Crippen LogP contribution in [0.15, 0.2) is 12.1 Å². The van der Waals surface area contributed by atoms with E-state index in [2.05, 4.69) is 17.1 Å². The van der Waals surface area contributed by atoms with Crippen LogP contribution < -0.4 is 4.90 Å². The summed E-state index contributed by atoms with van der Waals surface area (Å²) < 4.78 is 23.4. The number of piperidine rings is 1. The fraction of sp³-hybridized carbons (Fsp3) is 0.706. The van der Waals surface area contributed by atoms with Gasteiger partial charge in [0.2, 0.25) is 0 Å². The van der Waals surface area contributed by atoms with Crippen LogP contribution in [0.2, 0.25) is 0 Å². The lowest BCUT2D eigenvalue weighted by atomic mass is 9.99. The molecule has 1 atom stereocenters. The predicted octanol–water partition coefficient (Wildman–Crippen LogP) is 1.36. The third-order valence-electron chi connectivity index (χ3n) is 5.22. The Morgan fingerprint density at radius 1 is 1.24 bits per heavy atom. The molecule has 0 radical (unpaired) electrons. The summed E-state index contributed by atoms with van der Waals surface area (Å²) in [6.45, 7) is 6.38. The highest BCUT2D eigenvalue weighted by molar-refractivity contribution is 7.91. The van der Waals surface area contributed by atoms with Crippen LogP contribution in [0, 0.1) is 5.92 Å². The maximum atomic E-state index is 12.5. The van der Waals surface area contributed by atoms with E-state index in [-0.39, 0.29) is 23.5 Å². The lowest BCUT2D eigenvalue weighted by Crippen LogP contribution is -2.39. The number of amides is 1. The smallest absolute Gasteiger partial charge is 0.274 e. The first-order valence-electron chi connectivity index (χ1n) is 8.99. The van der Waals surface area contributed by atoms with E-state index < -0.39 is 9.84 Å². The molecule has 3 rings (SSSR count). The maximum absolute atomic E-state index is 12.5. The molecule has 0 saturated carbocycles. The van der Waals surface area contributed by atoms with E-state index in [1.807, 2.05) is 16.7 Å². The number of hydrogen-bond acceptors (Lipinski definition) is 6. The molecule has 0 N–H and O–H groups in total. The van der Waals surface area contributed by atoms with E-state index in [9.17, 15) is 13.2 Å². The second-order valence-electron chi connectivity index (χ2n) is 7.09. The molecule has 25 heavy (non-hydrogen) atoms. The van der Waals surface area contributed by atoms with Gasteiger partial charge in [0.05, 0.1) is 11.5 Å². The van der Waals surface area contributed by atoms with E-state index in [4.69, 9.17) is 0 Å². The van der Waals surface area contributed by atoms with Crippen LogP contribution in [0.5, 0.6) is 0 Å². The van der Waals surface area contributed by atoms with E-state index in [1.165, 1.54) is 0 Å². The lowest BCUT2D eigenvalue weighted by Gasteiger charge is -2.30. The molecule has 3 heterocycles. The van der Waals surface area contributed by atoms with Crippen molar-refractivity contribution in [2.24, 2.45) is 5.92 Å². The summed E-state index contributed by atoms with van der Waals surface area (Å²) in [6, 6.07) is 3.42. The van der Waals surface area contributed by atoms with Gasteiger partial charge in [0.15, 0.2) is 21.3 Å². The van der Waals surface area contributed by atoms with Crippen LogP contribution in [0.4, 0.5) is 5.82 Å². The summed E-state index contributed by atoms with van der Waals surface area (Å²) in [6.07, 6.45) is 2.67. The summed E-state index contributed by atoms with van der Waals surface area (Å²) in [5.74, 6) is 1.62. The van der Waals surface area contributed by atoms with Crippen molar-refractivity contribution in [1.82, 2.24) is 15.1 Å². The van der Waals surface area contributed by atoms with Crippen LogP contribution in [-0.2, 0) is 9.84 Å². The molecule has 138 valence electrons. The van der Waals surface area contributed by atoms with Crippen molar-refractivity contribution >= 4 is 21.6 Å². The first-order valence-corrected chi connectivity index (χ1v) is 10.8. The fourth-order valence-electron chi connectivity index (χ4n) is 3.59. The highest BCUT2D eigenvalue weighted by Crippen LogP contribution is 2.23. The minimum Gasteiger partial charge on any atom is -0.351 e. The standard InChI is InChI=1S/C17H26N4O3S/c1-3-21(14-8-11-25(23,24)12-14)16-5-4-15(18-19-16)17(22)20-9-6-13(2)7-10-20/h4-5,13-14H,3,6-12H2,1-2H3. The van der Waals surface area contributed by atoms with Crippen molar-refractivity contribution in [3.05, 3.63) is 17.8 Å². The normalized spacial score (nSPS) is 23.6. The lowest BCUT2D eigenvalue weighted by molar-refractivity contribution is 0.0690. The topological polar surface area (TPSA) is 83.5 Å². The van der Waals surface area contributed by atoms with Crippen molar-refractivity contribution < 1.29 is 13.2 Å². The molecule has 0 bridgehead atoms. The fourth-order valence-corrected chi connectivity index (χ4v) is 5.33. The van der Waals surface area contributed by atoms with Crippen molar-refractivity contribution in [2.75, 3.05) is 36.0 Å². The van der Waals surface area contributed by atoms with Gasteiger partial charge in [-0.3, -0.25) is 4.79 Å². The molecule has 0 spiro atoms. The molecule has 2 aliphatic heterocycles. The maximum Gasteiger partial charge on any atom is 0.274 e. The van der Waals surface area contributed by atoms with Gasteiger partial charge in [0.1, 0.15) is 0 Å². The molecule has 1 amide bonds. The van der Waals surface area contributed by atoms with E-state index in [0.29, 0.717) is 30.4 Å². The van der Waals surface area contributed by atoms with Crippen LogP contribution in [-0.4, -0.2) is 66.6 Å². The number of hydrogen-bond donors (Lipinski definition) is 0. The Morgan fingerprint density at radius 2 is 1.96 bits per heavy atom. The third kappa shape index (κ3) is 4.11. The number of nitrogens with zero attached hydrogens (tertiary/aromatic N) is 4. The number of rotatable bonds is 4. The van der Waals surface area contributed by atoms with Crippen LogP contribution in [0.3, 0.4) is 0 Å².